The summed E-state index contributed by atoms with van der Waals surface area (Å²) >= 11 is 0. The maximum Gasteiger partial charge on any atom is 0.253 e. The highest BCUT2D eigenvalue weighted by atomic mass is 16.5. The molecule has 2 fully saturated rings. The van der Waals surface area contributed by atoms with Gasteiger partial charge in [-0.2, -0.15) is 0 Å². The Morgan fingerprint density at radius 1 is 1.11 bits per heavy atom. The number of pyridine rings is 1. The summed E-state index contributed by atoms with van der Waals surface area (Å²) in [4.78, 5) is 30.6. The number of para-hydroxylation sites is 1. The van der Waals surface area contributed by atoms with Crippen LogP contribution in [0.1, 0.15) is 50.5 Å². The molecular formula is C22H28N2O3. The molecule has 144 valence electrons. The summed E-state index contributed by atoms with van der Waals surface area (Å²) in [5, 5.41) is 0.995. The first-order chi connectivity index (χ1) is 13.2. The van der Waals surface area contributed by atoms with E-state index in [4.69, 9.17) is 4.74 Å². The van der Waals surface area contributed by atoms with Gasteiger partial charge >= 0.3 is 0 Å². The van der Waals surface area contributed by atoms with Crippen LogP contribution in [0.15, 0.2) is 35.1 Å². The van der Waals surface area contributed by atoms with Gasteiger partial charge in [-0.15, -0.1) is 0 Å². The summed E-state index contributed by atoms with van der Waals surface area (Å²) in [7, 11) is 0. The minimum Gasteiger partial charge on any atom is -0.376 e. The van der Waals surface area contributed by atoms with E-state index in [-0.39, 0.29) is 23.5 Å². The minimum absolute atomic E-state index is 0.0945. The van der Waals surface area contributed by atoms with Gasteiger partial charge in [0.15, 0.2) is 0 Å². The number of aromatic nitrogens is 1. The van der Waals surface area contributed by atoms with Gasteiger partial charge in [-0.25, -0.2) is 0 Å². The summed E-state index contributed by atoms with van der Waals surface area (Å²) in [5.74, 6) is 0.289. The molecule has 4 rings (SSSR count). The van der Waals surface area contributed by atoms with Crippen LogP contribution in [0, 0.1) is 5.92 Å². The molecular weight excluding hydrogens is 340 g/mol. The smallest absolute Gasteiger partial charge is 0.253 e. The van der Waals surface area contributed by atoms with Gasteiger partial charge in [0.2, 0.25) is 5.91 Å². The maximum atomic E-state index is 13.2. The monoisotopic (exact) mass is 368 g/mol. The number of amides is 1. The van der Waals surface area contributed by atoms with Crippen LogP contribution in [0.2, 0.25) is 0 Å². The minimum atomic E-state index is -0.109. The zero-order valence-corrected chi connectivity index (χ0v) is 15.8. The molecule has 2 aliphatic rings. The third-order valence-corrected chi connectivity index (χ3v) is 5.91. The number of aromatic amines is 1. The lowest BCUT2D eigenvalue weighted by Crippen LogP contribution is -2.42. The van der Waals surface area contributed by atoms with Crippen LogP contribution >= 0.6 is 0 Å². The van der Waals surface area contributed by atoms with Gasteiger partial charge in [-0.1, -0.05) is 37.5 Å². The molecule has 27 heavy (non-hydrogen) atoms. The molecule has 1 atom stereocenters. The van der Waals surface area contributed by atoms with Crippen LogP contribution in [0.4, 0.5) is 0 Å². The standard InChI is InChI=1S/C22H28N2O3/c25-21-18(13-17-9-4-5-11-20(17)23-21)14-24(15-19-10-6-12-27-19)22(26)16-7-2-1-3-8-16/h4-5,9,11,13,16,19H,1-3,6-8,10,12,14-15H2,(H,23,25)/t19-/m0/s1. The van der Waals surface area contributed by atoms with Crippen LogP contribution < -0.4 is 5.56 Å². The number of H-pyrrole nitrogens is 1. The maximum absolute atomic E-state index is 13.2. The summed E-state index contributed by atoms with van der Waals surface area (Å²) in [6.07, 6.45) is 7.54. The van der Waals surface area contributed by atoms with Crippen molar-refractivity contribution in [2.24, 2.45) is 5.92 Å². The normalized spacial score (nSPS) is 20.8. The Hall–Kier alpha value is -2.14. The molecule has 1 saturated heterocycles. The lowest BCUT2D eigenvalue weighted by Gasteiger charge is -2.31. The Labute approximate surface area is 159 Å². The van der Waals surface area contributed by atoms with E-state index < -0.39 is 0 Å². The van der Waals surface area contributed by atoms with Gasteiger partial charge in [0, 0.05) is 30.1 Å². The van der Waals surface area contributed by atoms with Gasteiger partial charge in [0.1, 0.15) is 0 Å². The SMILES string of the molecule is O=C(C1CCCCC1)N(Cc1cc2ccccc2[nH]c1=O)C[C@@H]1CCCO1. The summed E-state index contributed by atoms with van der Waals surface area (Å²) in [6, 6.07) is 9.68. The Morgan fingerprint density at radius 2 is 1.93 bits per heavy atom. The molecule has 1 aromatic heterocycles. The molecule has 0 spiro atoms. The van der Waals surface area contributed by atoms with Crippen molar-refractivity contribution in [3.63, 3.8) is 0 Å². The lowest BCUT2D eigenvalue weighted by molar-refractivity contribution is -0.138. The van der Waals surface area contributed by atoms with E-state index in [9.17, 15) is 9.59 Å². The molecule has 1 aliphatic heterocycles. The molecule has 0 unspecified atom stereocenters. The quantitative estimate of drug-likeness (QED) is 0.877. The summed E-state index contributed by atoms with van der Waals surface area (Å²) in [5.41, 5.74) is 1.37. The number of rotatable bonds is 5. The average Bonchev–Trinajstić information content (AvgIpc) is 3.21. The number of hydrogen-bond acceptors (Lipinski definition) is 3. The van der Waals surface area contributed by atoms with E-state index in [1.54, 1.807) is 0 Å². The molecule has 0 radical (unpaired) electrons. The van der Waals surface area contributed by atoms with Crippen molar-refractivity contribution >= 4 is 16.8 Å². The second-order valence-electron chi connectivity index (χ2n) is 7.90. The van der Waals surface area contributed by atoms with Crippen LogP contribution in [-0.2, 0) is 16.1 Å². The molecule has 1 aromatic carbocycles. The fourth-order valence-corrected chi connectivity index (χ4v) is 4.39. The molecule has 1 N–H and O–H groups in total. The zero-order valence-electron chi connectivity index (χ0n) is 15.8. The van der Waals surface area contributed by atoms with Crippen LogP contribution in [-0.4, -0.2) is 35.0 Å². The van der Waals surface area contributed by atoms with Gasteiger partial charge in [0.05, 0.1) is 12.6 Å². The Morgan fingerprint density at radius 3 is 2.70 bits per heavy atom. The van der Waals surface area contributed by atoms with E-state index in [1.807, 2.05) is 35.2 Å². The first-order valence-electron chi connectivity index (χ1n) is 10.2. The van der Waals surface area contributed by atoms with Gasteiger partial charge < -0.3 is 14.6 Å². The number of carbonyl (C=O) groups excluding carboxylic acids is 1. The van der Waals surface area contributed by atoms with Crippen LogP contribution in [0.5, 0.6) is 0 Å². The van der Waals surface area contributed by atoms with Crippen LogP contribution in [0.25, 0.3) is 10.9 Å². The molecule has 1 amide bonds. The second kappa shape index (κ2) is 8.26. The predicted octanol–water partition coefficient (Wildman–Crippen LogP) is 3.62. The largest absolute Gasteiger partial charge is 0.376 e. The topological polar surface area (TPSA) is 62.4 Å². The fraction of sp³-hybridized carbons (Fsp3) is 0.545. The first kappa shape index (κ1) is 18.2. The number of ether oxygens (including phenoxy) is 1. The highest BCUT2D eigenvalue weighted by Crippen LogP contribution is 2.27. The van der Waals surface area contributed by atoms with E-state index in [2.05, 4.69) is 4.98 Å². The van der Waals surface area contributed by atoms with Crippen molar-refractivity contribution < 1.29 is 9.53 Å². The number of nitrogens with zero attached hydrogens (tertiary/aromatic N) is 1. The summed E-state index contributed by atoms with van der Waals surface area (Å²) in [6.45, 7) is 1.71. The first-order valence-corrected chi connectivity index (χ1v) is 10.2. The van der Waals surface area contributed by atoms with Crippen molar-refractivity contribution in [3.05, 3.63) is 46.2 Å². The van der Waals surface area contributed by atoms with E-state index in [1.165, 1.54) is 6.42 Å². The van der Waals surface area contributed by atoms with E-state index in [0.717, 1.165) is 56.0 Å². The lowest BCUT2D eigenvalue weighted by atomic mass is 9.88. The van der Waals surface area contributed by atoms with Gasteiger partial charge in [-0.3, -0.25) is 9.59 Å². The second-order valence-corrected chi connectivity index (χ2v) is 7.90. The number of nitrogens with one attached hydrogen (secondary N) is 1. The molecule has 1 saturated carbocycles. The third kappa shape index (κ3) is 4.24. The highest BCUT2D eigenvalue weighted by molar-refractivity contribution is 5.80. The molecule has 2 aromatic rings. The number of carbonyl (C=O) groups is 1. The molecule has 0 bridgehead atoms. The number of hydrogen-bond donors (Lipinski definition) is 1. The highest BCUT2D eigenvalue weighted by Gasteiger charge is 2.29. The summed E-state index contributed by atoms with van der Waals surface area (Å²) < 4.78 is 5.78. The van der Waals surface area contributed by atoms with Crippen LogP contribution in [0.3, 0.4) is 0 Å². The van der Waals surface area contributed by atoms with E-state index >= 15 is 0 Å². The number of benzene rings is 1. The predicted molar refractivity (Wildman–Crippen MR) is 106 cm³/mol. The average molecular weight is 368 g/mol. The molecule has 2 heterocycles. The third-order valence-electron chi connectivity index (χ3n) is 5.91. The van der Waals surface area contributed by atoms with Gasteiger partial charge in [0.25, 0.3) is 5.56 Å². The Bertz CT molecular complexity index is 848. The van der Waals surface area contributed by atoms with Crippen molar-refractivity contribution in [2.45, 2.75) is 57.6 Å². The molecule has 5 heteroatoms. The van der Waals surface area contributed by atoms with Crippen molar-refractivity contribution in [3.8, 4) is 0 Å². The Kier molecular flexibility index (Phi) is 5.58. The van der Waals surface area contributed by atoms with Gasteiger partial charge in [-0.05, 0) is 43.2 Å². The van der Waals surface area contributed by atoms with E-state index in [0.29, 0.717) is 18.7 Å². The zero-order chi connectivity index (χ0) is 18.6. The van der Waals surface area contributed by atoms with Crippen molar-refractivity contribution in [2.75, 3.05) is 13.2 Å². The Balaban J connectivity index is 1.58. The fourth-order valence-electron chi connectivity index (χ4n) is 4.39. The molecule has 5 nitrogen and oxygen atoms in total. The van der Waals surface area contributed by atoms with Crippen molar-refractivity contribution in [1.29, 1.82) is 0 Å². The van der Waals surface area contributed by atoms with Crippen molar-refractivity contribution in [1.82, 2.24) is 9.88 Å². The number of fused-ring (bicyclic) bond motifs is 1. The molecule has 1 aliphatic carbocycles.